The third kappa shape index (κ3) is 8.85. The number of nitrogens with one attached hydrogen (secondary N) is 3. The molecule has 2 aromatic rings. The molecule has 0 spiro atoms. The Labute approximate surface area is 214 Å². The normalized spacial score (nSPS) is 15.2. The molecule has 8 heteroatoms. The van der Waals surface area contributed by atoms with Crippen molar-refractivity contribution in [2.75, 3.05) is 40.3 Å². The molecule has 1 fully saturated rings. The van der Waals surface area contributed by atoms with E-state index in [0.717, 1.165) is 24.4 Å². The molecule has 0 aliphatic carbocycles. The molecule has 0 bridgehead atoms. The number of benzene rings is 2. The topological polar surface area (TPSA) is 78.0 Å². The van der Waals surface area contributed by atoms with Gasteiger partial charge in [-0.1, -0.05) is 48.9 Å². The molecule has 1 heterocycles. The van der Waals surface area contributed by atoms with Crippen LogP contribution in [0.15, 0.2) is 59.6 Å². The van der Waals surface area contributed by atoms with Crippen molar-refractivity contribution in [1.82, 2.24) is 20.9 Å². The molecule has 3 rings (SSSR count). The maximum absolute atomic E-state index is 12.2. The van der Waals surface area contributed by atoms with Crippen LogP contribution >= 0.6 is 24.0 Å². The van der Waals surface area contributed by atoms with Gasteiger partial charge in [0.25, 0.3) is 0 Å². The highest BCUT2D eigenvalue weighted by Gasteiger charge is 2.22. The summed E-state index contributed by atoms with van der Waals surface area (Å²) in [6.45, 7) is 3.57. The Morgan fingerprint density at radius 3 is 2.33 bits per heavy atom. The van der Waals surface area contributed by atoms with Gasteiger partial charge in [0, 0.05) is 20.1 Å². The summed E-state index contributed by atoms with van der Waals surface area (Å²) in [5, 5.41) is 9.46. The molecular weight excluding hydrogens is 529 g/mol. The van der Waals surface area contributed by atoms with E-state index in [1.54, 1.807) is 14.2 Å². The maximum atomic E-state index is 12.2. The van der Waals surface area contributed by atoms with E-state index in [9.17, 15) is 4.79 Å². The molecule has 1 unspecified atom stereocenters. The Balaban J connectivity index is 0.00000385. The number of hydrogen-bond donors (Lipinski definition) is 3. The van der Waals surface area contributed by atoms with Crippen LogP contribution in [-0.4, -0.2) is 57.1 Å². The van der Waals surface area contributed by atoms with Crippen molar-refractivity contribution in [3.8, 4) is 5.75 Å². The first kappa shape index (κ1) is 26.9. The lowest BCUT2D eigenvalue weighted by Crippen LogP contribution is -2.46. The van der Waals surface area contributed by atoms with Crippen molar-refractivity contribution in [3.63, 3.8) is 0 Å². The smallest absolute Gasteiger partial charge is 0.239 e. The molecule has 1 saturated heterocycles. The Hall–Kier alpha value is -2.33. The van der Waals surface area contributed by atoms with Crippen molar-refractivity contribution >= 4 is 35.8 Å². The minimum atomic E-state index is -0.0699. The number of amides is 1. The zero-order valence-electron chi connectivity index (χ0n) is 19.5. The van der Waals surface area contributed by atoms with E-state index < -0.39 is 0 Å². The second kappa shape index (κ2) is 14.7. The van der Waals surface area contributed by atoms with Gasteiger partial charge < -0.3 is 20.7 Å². The quantitative estimate of drug-likeness (QED) is 0.247. The molecule has 0 radical (unpaired) electrons. The first-order chi connectivity index (χ1) is 15.7. The number of guanidine groups is 1. The molecule has 3 N–H and O–H groups in total. The van der Waals surface area contributed by atoms with Crippen LogP contribution in [0.5, 0.6) is 5.75 Å². The SMILES string of the molecule is CN=C(NCC(=O)NCc1ccccc1)NCC(c1ccc(OC)cc1)N1CCCCC1.I. The van der Waals surface area contributed by atoms with Crippen LogP contribution in [0.1, 0.15) is 36.4 Å². The van der Waals surface area contributed by atoms with Crippen molar-refractivity contribution in [2.45, 2.75) is 31.8 Å². The van der Waals surface area contributed by atoms with Gasteiger partial charge in [0.1, 0.15) is 5.75 Å². The van der Waals surface area contributed by atoms with Gasteiger partial charge in [-0.2, -0.15) is 0 Å². The van der Waals surface area contributed by atoms with Crippen LogP contribution in [0, 0.1) is 0 Å². The Morgan fingerprint density at radius 1 is 1.00 bits per heavy atom. The van der Waals surface area contributed by atoms with Gasteiger partial charge in [-0.25, -0.2) is 0 Å². The highest BCUT2D eigenvalue weighted by molar-refractivity contribution is 14.0. The summed E-state index contributed by atoms with van der Waals surface area (Å²) < 4.78 is 5.32. The van der Waals surface area contributed by atoms with E-state index >= 15 is 0 Å². The van der Waals surface area contributed by atoms with Crippen molar-refractivity contribution in [2.24, 2.45) is 4.99 Å². The number of ether oxygens (including phenoxy) is 1. The summed E-state index contributed by atoms with van der Waals surface area (Å²) in [7, 11) is 3.41. The lowest BCUT2D eigenvalue weighted by molar-refractivity contribution is -0.120. The second-order valence-corrected chi connectivity index (χ2v) is 7.95. The van der Waals surface area contributed by atoms with Crippen molar-refractivity contribution in [3.05, 3.63) is 65.7 Å². The predicted molar refractivity (Wildman–Crippen MR) is 144 cm³/mol. The van der Waals surface area contributed by atoms with Gasteiger partial charge in [0.05, 0.1) is 19.7 Å². The van der Waals surface area contributed by atoms with Crippen LogP contribution in [0.2, 0.25) is 0 Å². The largest absolute Gasteiger partial charge is 0.497 e. The van der Waals surface area contributed by atoms with Gasteiger partial charge >= 0.3 is 0 Å². The molecular formula is C25H36IN5O2. The standard InChI is InChI=1S/C25H35N5O2.HI/c1-26-25(29-19-24(31)27-17-20-9-5-3-6-10-20)28-18-23(30-15-7-4-8-16-30)21-11-13-22(32-2)14-12-21;/h3,5-6,9-14,23H,4,7-8,15-19H2,1-2H3,(H,27,31)(H2,26,28,29);1H. The number of halogens is 1. The summed E-state index contributed by atoms with van der Waals surface area (Å²) in [4.78, 5) is 19.0. The first-order valence-electron chi connectivity index (χ1n) is 11.3. The van der Waals surface area contributed by atoms with E-state index in [1.807, 2.05) is 42.5 Å². The second-order valence-electron chi connectivity index (χ2n) is 7.95. The Morgan fingerprint density at radius 2 is 1.70 bits per heavy atom. The number of likely N-dealkylation sites (tertiary alicyclic amines) is 1. The minimum Gasteiger partial charge on any atom is -0.497 e. The molecule has 0 saturated carbocycles. The number of carbonyl (C=O) groups is 1. The lowest BCUT2D eigenvalue weighted by atomic mass is 10.0. The first-order valence-corrected chi connectivity index (χ1v) is 11.3. The number of nitrogens with zero attached hydrogens (tertiary/aromatic N) is 2. The average molecular weight is 566 g/mol. The van der Waals surface area contributed by atoms with Gasteiger partial charge in [0.2, 0.25) is 5.91 Å². The van der Waals surface area contributed by atoms with Crippen LogP contribution in [0.4, 0.5) is 0 Å². The summed E-state index contributed by atoms with van der Waals surface area (Å²) in [6, 6.07) is 18.4. The Kier molecular flexibility index (Phi) is 12.0. The third-order valence-corrected chi connectivity index (χ3v) is 5.77. The van der Waals surface area contributed by atoms with E-state index in [0.29, 0.717) is 19.0 Å². The maximum Gasteiger partial charge on any atom is 0.239 e. The number of aliphatic imine (C=N–C) groups is 1. The molecule has 180 valence electrons. The van der Waals surface area contributed by atoms with Crippen LogP contribution in [-0.2, 0) is 11.3 Å². The molecule has 0 aromatic heterocycles. The summed E-state index contributed by atoms with van der Waals surface area (Å²) in [5.74, 6) is 1.41. The molecule has 1 amide bonds. The number of rotatable bonds is 9. The van der Waals surface area contributed by atoms with E-state index in [2.05, 4.69) is 38.0 Å². The van der Waals surface area contributed by atoms with Crippen LogP contribution < -0.4 is 20.7 Å². The predicted octanol–water partition coefficient (Wildman–Crippen LogP) is 3.32. The number of piperidine rings is 1. The summed E-state index contributed by atoms with van der Waals surface area (Å²) in [5.41, 5.74) is 2.32. The minimum absolute atomic E-state index is 0. The van der Waals surface area contributed by atoms with Crippen LogP contribution in [0.25, 0.3) is 0 Å². The highest BCUT2D eigenvalue weighted by Crippen LogP contribution is 2.25. The van der Waals surface area contributed by atoms with Crippen molar-refractivity contribution in [1.29, 1.82) is 0 Å². The van der Waals surface area contributed by atoms with Gasteiger partial charge in [0.15, 0.2) is 5.96 Å². The van der Waals surface area contributed by atoms with Gasteiger partial charge in [-0.3, -0.25) is 14.7 Å². The van der Waals surface area contributed by atoms with E-state index in [4.69, 9.17) is 4.74 Å². The fraction of sp³-hybridized carbons (Fsp3) is 0.440. The Bertz CT molecular complexity index is 855. The molecule has 1 aliphatic rings. The fourth-order valence-corrected chi connectivity index (χ4v) is 3.95. The number of hydrogen-bond acceptors (Lipinski definition) is 4. The molecule has 33 heavy (non-hydrogen) atoms. The molecule has 2 aromatic carbocycles. The van der Waals surface area contributed by atoms with Crippen molar-refractivity contribution < 1.29 is 9.53 Å². The number of carbonyl (C=O) groups excluding carboxylic acids is 1. The van der Waals surface area contributed by atoms with Gasteiger partial charge in [-0.05, 0) is 49.2 Å². The third-order valence-electron chi connectivity index (χ3n) is 5.77. The average Bonchev–Trinajstić information content (AvgIpc) is 2.86. The van der Waals surface area contributed by atoms with E-state index in [1.165, 1.54) is 24.8 Å². The summed E-state index contributed by atoms with van der Waals surface area (Å²) >= 11 is 0. The monoisotopic (exact) mass is 565 g/mol. The highest BCUT2D eigenvalue weighted by atomic mass is 127. The molecule has 7 nitrogen and oxygen atoms in total. The fourth-order valence-electron chi connectivity index (χ4n) is 3.95. The van der Waals surface area contributed by atoms with Gasteiger partial charge in [-0.15, -0.1) is 24.0 Å². The van der Waals surface area contributed by atoms with Crippen LogP contribution in [0.3, 0.4) is 0 Å². The zero-order valence-corrected chi connectivity index (χ0v) is 21.9. The van der Waals surface area contributed by atoms with E-state index in [-0.39, 0.29) is 42.5 Å². The molecule has 1 aliphatic heterocycles. The number of methoxy groups -OCH3 is 1. The summed E-state index contributed by atoms with van der Waals surface area (Å²) in [6.07, 6.45) is 3.74. The zero-order chi connectivity index (χ0) is 22.6. The molecule has 1 atom stereocenters. The lowest BCUT2D eigenvalue weighted by Gasteiger charge is -2.35.